The maximum absolute atomic E-state index is 5.89. The molecule has 2 aromatic carbocycles. The Morgan fingerprint density at radius 3 is 2.54 bits per heavy atom. The predicted molar refractivity (Wildman–Crippen MR) is 97.8 cm³/mol. The highest BCUT2D eigenvalue weighted by Crippen LogP contribution is 2.12. The molecule has 126 valence electrons. The Kier molecular flexibility index (Phi) is 6.02. The Balaban J connectivity index is 1.69. The van der Waals surface area contributed by atoms with Gasteiger partial charge in [-0.05, 0) is 24.1 Å². The van der Waals surface area contributed by atoms with Crippen molar-refractivity contribution in [3.05, 3.63) is 66.5 Å². The number of ether oxygens (including phenoxy) is 1. The predicted octanol–water partition coefficient (Wildman–Crippen LogP) is 4.53. The zero-order chi connectivity index (χ0) is 16.6. The summed E-state index contributed by atoms with van der Waals surface area (Å²) in [5, 5.41) is 0. The van der Waals surface area contributed by atoms with Crippen molar-refractivity contribution < 1.29 is 9.30 Å². The van der Waals surface area contributed by atoms with Gasteiger partial charge in [-0.15, -0.1) is 0 Å². The fourth-order valence-electron chi connectivity index (χ4n) is 3.05. The standard InChI is InChI=1S/C21H27N2O/c1-2-3-4-10-15-24-18-23-17-22(16-19-11-6-5-7-12-19)20-13-8-9-14-21(20)23/h5-9,11-14,17H,2-4,10,15-16,18H2,1H3/q+1. The number of hydrogen-bond donors (Lipinski definition) is 0. The second-order valence-electron chi connectivity index (χ2n) is 6.29. The molecule has 0 atom stereocenters. The van der Waals surface area contributed by atoms with Crippen LogP contribution in [0.1, 0.15) is 38.2 Å². The Morgan fingerprint density at radius 1 is 0.917 bits per heavy atom. The van der Waals surface area contributed by atoms with E-state index in [0.717, 1.165) is 19.6 Å². The molecule has 0 spiro atoms. The van der Waals surface area contributed by atoms with E-state index in [2.05, 4.69) is 77.0 Å². The molecule has 0 aliphatic rings. The molecule has 24 heavy (non-hydrogen) atoms. The minimum atomic E-state index is 0.619. The van der Waals surface area contributed by atoms with E-state index in [1.807, 2.05) is 0 Å². The minimum Gasteiger partial charge on any atom is -0.342 e. The first-order valence-corrected chi connectivity index (χ1v) is 8.97. The Bertz CT molecular complexity index is 749. The maximum atomic E-state index is 5.89. The van der Waals surface area contributed by atoms with E-state index in [-0.39, 0.29) is 0 Å². The van der Waals surface area contributed by atoms with Gasteiger partial charge in [0.25, 0.3) is 0 Å². The molecule has 0 aliphatic carbocycles. The van der Waals surface area contributed by atoms with Crippen molar-refractivity contribution in [1.82, 2.24) is 4.57 Å². The van der Waals surface area contributed by atoms with Crippen molar-refractivity contribution in [2.24, 2.45) is 0 Å². The van der Waals surface area contributed by atoms with Crippen LogP contribution in [0.5, 0.6) is 0 Å². The van der Waals surface area contributed by atoms with Crippen molar-refractivity contribution in [3.63, 3.8) is 0 Å². The van der Waals surface area contributed by atoms with Gasteiger partial charge in [-0.1, -0.05) is 68.7 Å². The lowest BCUT2D eigenvalue weighted by molar-refractivity contribution is -0.663. The monoisotopic (exact) mass is 323 g/mol. The van der Waals surface area contributed by atoms with E-state index in [0.29, 0.717) is 6.73 Å². The van der Waals surface area contributed by atoms with Gasteiger partial charge in [0.15, 0.2) is 17.8 Å². The lowest BCUT2D eigenvalue weighted by Gasteiger charge is -2.01. The molecular weight excluding hydrogens is 296 g/mol. The van der Waals surface area contributed by atoms with E-state index in [4.69, 9.17) is 4.74 Å². The smallest absolute Gasteiger partial charge is 0.246 e. The Labute approximate surface area is 144 Å². The summed E-state index contributed by atoms with van der Waals surface area (Å²) in [4.78, 5) is 0. The van der Waals surface area contributed by atoms with Gasteiger partial charge in [0.1, 0.15) is 6.54 Å². The van der Waals surface area contributed by atoms with Crippen LogP contribution in [-0.2, 0) is 18.0 Å². The van der Waals surface area contributed by atoms with E-state index < -0.39 is 0 Å². The minimum absolute atomic E-state index is 0.619. The van der Waals surface area contributed by atoms with Crippen LogP contribution in [-0.4, -0.2) is 11.2 Å². The number of nitrogens with zero attached hydrogens (tertiary/aromatic N) is 2. The summed E-state index contributed by atoms with van der Waals surface area (Å²) in [6, 6.07) is 19.1. The van der Waals surface area contributed by atoms with Crippen LogP contribution in [0, 0.1) is 0 Å². The highest BCUT2D eigenvalue weighted by Gasteiger charge is 2.15. The number of para-hydroxylation sites is 2. The first-order chi connectivity index (χ1) is 11.9. The van der Waals surface area contributed by atoms with Gasteiger partial charge in [-0.25, -0.2) is 9.13 Å². The van der Waals surface area contributed by atoms with Gasteiger partial charge in [0, 0.05) is 0 Å². The normalized spacial score (nSPS) is 11.2. The molecule has 0 aliphatic heterocycles. The first-order valence-electron chi connectivity index (χ1n) is 8.97. The van der Waals surface area contributed by atoms with E-state index in [1.165, 1.54) is 35.9 Å². The second-order valence-corrected chi connectivity index (χ2v) is 6.29. The third kappa shape index (κ3) is 4.24. The van der Waals surface area contributed by atoms with Gasteiger partial charge in [-0.3, -0.25) is 0 Å². The number of benzene rings is 2. The molecular formula is C21H27N2O+. The molecule has 1 heterocycles. The molecule has 3 rings (SSSR count). The third-order valence-corrected chi connectivity index (χ3v) is 4.35. The third-order valence-electron chi connectivity index (χ3n) is 4.35. The lowest BCUT2D eigenvalue weighted by atomic mass is 10.2. The van der Waals surface area contributed by atoms with Crippen molar-refractivity contribution in [3.8, 4) is 0 Å². The summed E-state index contributed by atoms with van der Waals surface area (Å²) < 4.78 is 10.4. The maximum Gasteiger partial charge on any atom is 0.246 e. The summed E-state index contributed by atoms with van der Waals surface area (Å²) in [7, 11) is 0. The molecule has 1 aromatic heterocycles. The fourth-order valence-corrected chi connectivity index (χ4v) is 3.05. The van der Waals surface area contributed by atoms with Crippen LogP contribution in [0.25, 0.3) is 11.0 Å². The summed E-state index contributed by atoms with van der Waals surface area (Å²) >= 11 is 0. The molecule has 0 radical (unpaired) electrons. The Morgan fingerprint density at radius 2 is 1.71 bits per heavy atom. The quantitative estimate of drug-likeness (QED) is 0.418. The summed E-state index contributed by atoms with van der Waals surface area (Å²) in [6.07, 6.45) is 7.15. The Hall–Kier alpha value is -2.13. The number of unbranched alkanes of at least 4 members (excludes halogenated alkanes) is 3. The number of imidazole rings is 1. The van der Waals surface area contributed by atoms with Gasteiger partial charge in [-0.2, -0.15) is 0 Å². The molecule has 0 saturated carbocycles. The zero-order valence-corrected chi connectivity index (χ0v) is 14.5. The first kappa shape index (κ1) is 16.7. The molecule has 0 amide bonds. The van der Waals surface area contributed by atoms with Crippen LogP contribution in [0.3, 0.4) is 0 Å². The fraction of sp³-hybridized carbons (Fsp3) is 0.381. The van der Waals surface area contributed by atoms with Crippen molar-refractivity contribution in [1.29, 1.82) is 0 Å². The van der Waals surface area contributed by atoms with Gasteiger partial charge >= 0.3 is 0 Å². The van der Waals surface area contributed by atoms with Crippen LogP contribution in [0.2, 0.25) is 0 Å². The van der Waals surface area contributed by atoms with E-state index in [1.54, 1.807) is 0 Å². The molecule has 0 N–H and O–H groups in total. The number of aromatic nitrogens is 2. The van der Waals surface area contributed by atoms with Crippen LogP contribution in [0.15, 0.2) is 60.9 Å². The van der Waals surface area contributed by atoms with Crippen LogP contribution < -0.4 is 4.57 Å². The van der Waals surface area contributed by atoms with Gasteiger partial charge < -0.3 is 4.74 Å². The molecule has 0 bridgehead atoms. The molecule has 3 heteroatoms. The van der Waals surface area contributed by atoms with Crippen LogP contribution in [0.4, 0.5) is 0 Å². The average Bonchev–Trinajstić information content (AvgIpc) is 2.97. The summed E-state index contributed by atoms with van der Waals surface area (Å²) in [6.45, 7) is 4.57. The summed E-state index contributed by atoms with van der Waals surface area (Å²) in [5.41, 5.74) is 3.78. The van der Waals surface area contributed by atoms with Crippen molar-refractivity contribution >= 4 is 11.0 Å². The van der Waals surface area contributed by atoms with Gasteiger partial charge in [0.2, 0.25) is 6.33 Å². The number of rotatable bonds is 9. The van der Waals surface area contributed by atoms with E-state index in [9.17, 15) is 0 Å². The molecule has 0 fully saturated rings. The summed E-state index contributed by atoms with van der Waals surface area (Å²) in [5.74, 6) is 0. The highest BCUT2D eigenvalue weighted by atomic mass is 16.5. The topological polar surface area (TPSA) is 18.0 Å². The van der Waals surface area contributed by atoms with Crippen LogP contribution >= 0.6 is 0 Å². The highest BCUT2D eigenvalue weighted by molar-refractivity contribution is 5.71. The van der Waals surface area contributed by atoms with Gasteiger partial charge in [0.05, 0.1) is 6.61 Å². The molecule has 3 aromatic rings. The number of hydrogen-bond acceptors (Lipinski definition) is 1. The molecule has 0 saturated heterocycles. The molecule has 3 nitrogen and oxygen atoms in total. The lowest BCUT2D eigenvalue weighted by Crippen LogP contribution is -2.32. The number of fused-ring (bicyclic) bond motifs is 1. The largest absolute Gasteiger partial charge is 0.342 e. The second kappa shape index (κ2) is 8.65. The van der Waals surface area contributed by atoms with E-state index >= 15 is 0 Å². The van der Waals surface area contributed by atoms with Crippen molar-refractivity contribution in [2.45, 2.75) is 45.9 Å². The van der Waals surface area contributed by atoms with Crippen molar-refractivity contribution in [2.75, 3.05) is 6.61 Å². The zero-order valence-electron chi connectivity index (χ0n) is 14.5. The molecule has 0 unspecified atom stereocenters. The average molecular weight is 323 g/mol. The SMILES string of the molecule is CCCCCCOCn1c[n+](Cc2ccccc2)c2ccccc21.